The summed E-state index contributed by atoms with van der Waals surface area (Å²) in [6, 6.07) is 6.07. The van der Waals surface area contributed by atoms with E-state index in [1.807, 2.05) is 32.9 Å². The van der Waals surface area contributed by atoms with E-state index in [0.29, 0.717) is 17.0 Å². The van der Waals surface area contributed by atoms with E-state index in [4.69, 9.17) is 0 Å². The highest BCUT2D eigenvalue weighted by atomic mass is 19.4. The van der Waals surface area contributed by atoms with Crippen LogP contribution < -0.4 is 5.32 Å². The molecule has 0 saturated carbocycles. The SMILES string of the molecule is CC(C)(C)c1ccccc1NC(=O)C1CCCN1C(=O)C(F)(F)F. The maximum absolute atomic E-state index is 12.7. The zero-order chi connectivity index (χ0) is 18.1. The molecule has 1 aliphatic heterocycles. The van der Waals surface area contributed by atoms with Gasteiger partial charge in [0.05, 0.1) is 0 Å². The lowest BCUT2D eigenvalue weighted by atomic mass is 9.86. The molecule has 1 heterocycles. The first-order chi connectivity index (χ1) is 11.0. The van der Waals surface area contributed by atoms with Crippen LogP contribution >= 0.6 is 0 Å². The highest BCUT2D eigenvalue weighted by Crippen LogP contribution is 2.31. The van der Waals surface area contributed by atoms with Gasteiger partial charge < -0.3 is 10.2 Å². The highest BCUT2D eigenvalue weighted by molar-refractivity contribution is 5.98. The van der Waals surface area contributed by atoms with Crippen LogP contribution in [0.3, 0.4) is 0 Å². The largest absolute Gasteiger partial charge is 0.471 e. The Balaban J connectivity index is 2.20. The number of carbonyl (C=O) groups excluding carboxylic acids is 2. The number of para-hydroxylation sites is 1. The molecule has 1 aromatic carbocycles. The molecule has 132 valence electrons. The zero-order valence-corrected chi connectivity index (χ0v) is 13.9. The Bertz CT molecular complexity index is 635. The smallest absolute Gasteiger partial charge is 0.324 e. The van der Waals surface area contributed by atoms with Gasteiger partial charge in [0.1, 0.15) is 6.04 Å². The van der Waals surface area contributed by atoms with Gasteiger partial charge in [-0.15, -0.1) is 0 Å². The molecule has 2 amide bonds. The predicted molar refractivity (Wildman–Crippen MR) is 84.6 cm³/mol. The van der Waals surface area contributed by atoms with Crippen molar-refractivity contribution in [2.75, 3.05) is 11.9 Å². The molecule has 0 spiro atoms. The lowest BCUT2D eigenvalue weighted by molar-refractivity contribution is -0.186. The summed E-state index contributed by atoms with van der Waals surface area (Å²) in [4.78, 5) is 24.6. The maximum atomic E-state index is 12.7. The Hall–Kier alpha value is -2.05. The Morgan fingerprint density at radius 3 is 2.38 bits per heavy atom. The second-order valence-electron chi connectivity index (χ2n) is 6.94. The average molecular weight is 342 g/mol. The summed E-state index contributed by atoms with van der Waals surface area (Å²) in [5.74, 6) is -2.54. The lowest BCUT2D eigenvalue weighted by Gasteiger charge is -2.27. The van der Waals surface area contributed by atoms with Crippen molar-refractivity contribution in [3.63, 3.8) is 0 Å². The van der Waals surface area contributed by atoms with Gasteiger partial charge in [-0.25, -0.2) is 0 Å². The highest BCUT2D eigenvalue weighted by Gasteiger charge is 2.47. The van der Waals surface area contributed by atoms with E-state index in [2.05, 4.69) is 5.32 Å². The van der Waals surface area contributed by atoms with E-state index < -0.39 is 24.0 Å². The van der Waals surface area contributed by atoms with Gasteiger partial charge in [-0.1, -0.05) is 39.0 Å². The molecule has 1 unspecified atom stereocenters. The summed E-state index contributed by atoms with van der Waals surface area (Å²) in [5, 5.41) is 2.70. The second-order valence-corrected chi connectivity index (χ2v) is 6.94. The number of anilines is 1. The average Bonchev–Trinajstić information content (AvgIpc) is 2.94. The zero-order valence-electron chi connectivity index (χ0n) is 13.9. The second kappa shape index (κ2) is 6.45. The summed E-state index contributed by atoms with van der Waals surface area (Å²) in [6.07, 6.45) is -4.36. The predicted octanol–water partition coefficient (Wildman–Crippen LogP) is 3.48. The Morgan fingerprint density at radius 1 is 1.17 bits per heavy atom. The maximum Gasteiger partial charge on any atom is 0.471 e. The Kier molecular flexibility index (Phi) is 4.92. The molecule has 1 fully saturated rings. The van der Waals surface area contributed by atoms with E-state index in [9.17, 15) is 22.8 Å². The monoisotopic (exact) mass is 342 g/mol. The number of hydrogen-bond donors (Lipinski definition) is 1. The third-order valence-electron chi connectivity index (χ3n) is 4.05. The first kappa shape index (κ1) is 18.3. The number of carbonyl (C=O) groups is 2. The minimum absolute atomic E-state index is 0.0582. The van der Waals surface area contributed by atoms with Crippen LogP contribution in [0.1, 0.15) is 39.2 Å². The molecule has 0 aromatic heterocycles. The Labute approximate surface area is 139 Å². The molecule has 1 N–H and O–H groups in total. The van der Waals surface area contributed by atoms with Crippen molar-refractivity contribution in [2.45, 2.75) is 51.2 Å². The number of hydrogen-bond acceptors (Lipinski definition) is 2. The van der Waals surface area contributed by atoms with Gasteiger partial charge in [-0.2, -0.15) is 13.2 Å². The lowest BCUT2D eigenvalue weighted by Crippen LogP contribution is -2.48. The molecule has 4 nitrogen and oxygen atoms in total. The van der Waals surface area contributed by atoms with Crippen LogP contribution in [-0.2, 0) is 15.0 Å². The molecule has 24 heavy (non-hydrogen) atoms. The van der Waals surface area contributed by atoms with Gasteiger partial charge in [0, 0.05) is 12.2 Å². The fourth-order valence-corrected chi connectivity index (χ4v) is 2.91. The number of nitrogens with one attached hydrogen (secondary N) is 1. The summed E-state index contributed by atoms with van der Waals surface area (Å²) < 4.78 is 38.0. The molecule has 7 heteroatoms. The summed E-state index contributed by atoms with van der Waals surface area (Å²) >= 11 is 0. The molecule has 1 aliphatic rings. The summed E-state index contributed by atoms with van der Waals surface area (Å²) in [5.41, 5.74) is 1.20. The van der Waals surface area contributed by atoms with E-state index in [-0.39, 0.29) is 18.4 Å². The number of benzene rings is 1. The number of halogens is 3. The molecule has 0 radical (unpaired) electrons. The minimum atomic E-state index is -4.97. The van der Waals surface area contributed by atoms with Gasteiger partial charge in [-0.05, 0) is 29.9 Å². The molecule has 1 atom stereocenters. The van der Waals surface area contributed by atoms with Gasteiger partial charge in [0.2, 0.25) is 5.91 Å². The van der Waals surface area contributed by atoms with Crippen LogP contribution in [0.15, 0.2) is 24.3 Å². The van der Waals surface area contributed by atoms with Gasteiger partial charge in [0.25, 0.3) is 0 Å². The van der Waals surface area contributed by atoms with E-state index in [0.717, 1.165) is 5.56 Å². The van der Waals surface area contributed by atoms with Crippen LogP contribution in [0.25, 0.3) is 0 Å². The molecular weight excluding hydrogens is 321 g/mol. The fraction of sp³-hybridized carbons (Fsp3) is 0.529. The van der Waals surface area contributed by atoms with Crippen molar-refractivity contribution < 1.29 is 22.8 Å². The standard InChI is InChI=1S/C17H21F3N2O2/c1-16(2,3)11-7-4-5-8-12(11)21-14(23)13-9-6-10-22(13)15(24)17(18,19)20/h4-5,7-8,13H,6,9-10H2,1-3H3,(H,21,23). The number of nitrogens with zero attached hydrogens (tertiary/aromatic N) is 1. The number of alkyl halides is 3. The number of likely N-dealkylation sites (tertiary alicyclic amines) is 1. The topological polar surface area (TPSA) is 49.4 Å². The van der Waals surface area contributed by atoms with E-state index in [1.165, 1.54) is 0 Å². The van der Waals surface area contributed by atoms with Crippen molar-refractivity contribution in [1.82, 2.24) is 4.90 Å². The molecule has 0 bridgehead atoms. The van der Waals surface area contributed by atoms with E-state index >= 15 is 0 Å². The minimum Gasteiger partial charge on any atom is -0.324 e. The number of amides is 2. The Morgan fingerprint density at radius 2 is 1.79 bits per heavy atom. The molecular formula is C17H21F3N2O2. The van der Waals surface area contributed by atoms with Crippen LogP contribution in [0.2, 0.25) is 0 Å². The van der Waals surface area contributed by atoms with Crippen molar-refractivity contribution in [1.29, 1.82) is 0 Å². The van der Waals surface area contributed by atoms with Gasteiger partial charge >= 0.3 is 12.1 Å². The first-order valence-corrected chi connectivity index (χ1v) is 7.80. The van der Waals surface area contributed by atoms with Crippen LogP contribution in [0, 0.1) is 0 Å². The van der Waals surface area contributed by atoms with Crippen LogP contribution in [-0.4, -0.2) is 35.5 Å². The van der Waals surface area contributed by atoms with Crippen molar-refractivity contribution in [3.05, 3.63) is 29.8 Å². The van der Waals surface area contributed by atoms with Crippen LogP contribution in [0.4, 0.5) is 18.9 Å². The van der Waals surface area contributed by atoms with Crippen molar-refractivity contribution in [3.8, 4) is 0 Å². The normalized spacial score (nSPS) is 18.6. The fourth-order valence-electron chi connectivity index (χ4n) is 2.91. The van der Waals surface area contributed by atoms with Crippen molar-refractivity contribution >= 4 is 17.5 Å². The van der Waals surface area contributed by atoms with Crippen molar-refractivity contribution in [2.24, 2.45) is 0 Å². The quantitative estimate of drug-likeness (QED) is 0.895. The molecule has 1 aromatic rings. The van der Waals surface area contributed by atoms with E-state index in [1.54, 1.807) is 12.1 Å². The third kappa shape index (κ3) is 3.88. The molecule has 0 aliphatic carbocycles. The number of rotatable bonds is 2. The summed E-state index contributed by atoms with van der Waals surface area (Å²) in [6.45, 7) is 5.88. The molecule has 2 rings (SSSR count). The van der Waals surface area contributed by atoms with Gasteiger partial charge in [0.15, 0.2) is 0 Å². The first-order valence-electron chi connectivity index (χ1n) is 7.80. The molecule has 1 saturated heterocycles. The third-order valence-corrected chi connectivity index (χ3v) is 4.05. The van der Waals surface area contributed by atoms with Gasteiger partial charge in [-0.3, -0.25) is 9.59 Å². The van der Waals surface area contributed by atoms with Crippen LogP contribution in [0.5, 0.6) is 0 Å². The summed E-state index contributed by atoms with van der Waals surface area (Å²) in [7, 11) is 0.